The normalized spacial score (nSPS) is 13.1. The van der Waals surface area contributed by atoms with Gasteiger partial charge in [0.25, 0.3) is 11.6 Å². The molecule has 1 saturated heterocycles. The molecule has 0 atom stereocenters. The number of benzene rings is 3. The van der Waals surface area contributed by atoms with Gasteiger partial charge < -0.3 is 19.3 Å². The smallest absolute Gasteiger partial charge is 0.269 e. The first kappa shape index (κ1) is 26.2. The van der Waals surface area contributed by atoms with E-state index in [2.05, 4.69) is 10.2 Å². The molecule has 0 aliphatic carbocycles. The molecule has 9 nitrogen and oxygen atoms in total. The van der Waals surface area contributed by atoms with Crippen LogP contribution in [0.15, 0.2) is 66.7 Å². The van der Waals surface area contributed by atoms with Crippen molar-refractivity contribution in [3.63, 3.8) is 0 Å². The van der Waals surface area contributed by atoms with Crippen LogP contribution in [0.3, 0.4) is 0 Å². The zero-order valence-electron chi connectivity index (χ0n) is 20.1. The summed E-state index contributed by atoms with van der Waals surface area (Å²) in [4.78, 5) is 27.4. The van der Waals surface area contributed by atoms with Gasteiger partial charge in [-0.2, -0.15) is 0 Å². The number of hydrogen-bond donors (Lipinski definition) is 1. The van der Waals surface area contributed by atoms with Crippen LogP contribution in [0.5, 0.6) is 11.5 Å². The number of nitrogens with zero attached hydrogens (tertiary/aromatic N) is 3. The average Bonchev–Trinajstić information content (AvgIpc) is 2.92. The van der Waals surface area contributed by atoms with Crippen molar-refractivity contribution in [2.45, 2.75) is 6.61 Å². The fraction of sp³-hybridized carbons (Fsp3) is 0.231. The van der Waals surface area contributed by atoms with Gasteiger partial charge in [0.2, 0.25) is 0 Å². The van der Waals surface area contributed by atoms with Crippen LogP contribution in [0.25, 0.3) is 0 Å². The zero-order valence-corrected chi connectivity index (χ0v) is 21.6. The van der Waals surface area contributed by atoms with Gasteiger partial charge in [-0.15, -0.1) is 0 Å². The van der Waals surface area contributed by atoms with Gasteiger partial charge in [-0.25, -0.2) is 0 Å². The molecular weight excluding hydrogens is 516 g/mol. The van der Waals surface area contributed by atoms with Gasteiger partial charge in [0.1, 0.15) is 6.61 Å². The van der Waals surface area contributed by atoms with Crippen LogP contribution in [0, 0.1) is 10.1 Å². The maximum atomic E-state index is 12.9. The molecule has 3 aromatic carbocycles. The molecule has 0 bridgehead atoms. The van der Waals surface area contributed by atoms with E-state index in [1.807, 2.05) is 17.0 Å². The summed E-state index contributed by atoms with van der Waals surface area (Å²) in [5, 5.41) is 14.6. The van der Waals surface area contributed by atoms with E-state index in [1.54, 1.807) is 42.5 Å². The van der Waals surface area contributed by atoms with Crippen LogP contribution < -0.4 is 19.7 Å². The second-order valence-electron chi connectivity index (χ2n) is 8.29. The van der Waals surface area contributed by atoms with Crippen molar-refractivity contribution in [2.24, 2.45) is 0 Å². The molecule has 1 amide bonds. The van der Waals surface area contributed by atoms with Crippen molar-refractivity contribution >= 4 is 46.2 Å². The molecule has 3 aromatic rings. The lowest BCUT2D eigenvalue weighted by Crippen LogP contribution is -2.52. The van der Waals surface area contributed by atoms with Crippen molar-refractivity contribution in [2.75, 3.05) is 38.2 Å². The predicted octanol–water partition coefficient (Wildman–Crippen LogP) is 4.67. The molecule has 4 rings (SSSR count). The van der Waals surface area contributed by atoms with Crippen LogP contribution >= 0.6 is 23.8 Å². The van der Waals surface area contributed by atoms with Crippen LogP contribution in [-0.4, -0.2) is 54.1 Å². The van der Waals surface area contributed by atoms with Crippen molar-refractivity contribution in [1.29, 1.82) is 0 Å². The third-order valence-electron chi connectivity index (χ3n) is 5.95. The van der Waals surface area contributed by atoms with Crippen molar-refractivity contribution in [3.05, 3.63) is 93.0 Å². The lowest BCUT2D eigenvalue weighted by Gasteiger charge is -2.37. The molecule has 37 heavy (non-hydrogen) atoms. The standard InChI is InChI=1S/C26H25ClN4O5S/c1-35-24-16-19(4-11-23(24)36-17-18-2-5-20(27)6-3-18)25(32)28-26(37)30-14-12-29(13-15-30)21-7-9-22(10-8-21)31(33)34/h2-11,16H,12-15,17H2,1H3,(H,28,32,37). The number of carbonyl (C=O) groups is 1. The highest BCUT2D eigenvalue weighted by Gasteiger charge is 2.22. The molecule has 1 fully saturated rings. The second-order valence-corrected chi connectivity index (χ2v) is 9.11. The minimum Gasteiger partial charge on any atom is -0.493 e. The number of piperazine rings is 1. The molecule has 0 aromatic heterocycles. The Kier molecular flexibility index (Phi) is 8.42. The van der Waals surface area contributed by atoms with E-state index < -0.39 is 4.92 Å². The van der Waals surface area contributed by atoms with E-state index in [1.165, 1.54) is 19.2 Å². The number of rotatable bonds is 7. The Labute approximate surface area is 224 Å². The molecule has 0 radical (unpaired) electrons. The van der Waals surface area contributed by atoms with E-state index in [-0.39, 0.29) is 11.6 Å². The number of halogens is 1. The Balaban J connectivity index is 1.31. The Morgan fingerprint density at radius 1 is 1.03 bits per heavy atom. The lowest BCUT2D eigenvalue weighted by molar-refractivity contribution is -0.384. The molecular formula is C26H25ClN4O5S. The molecule has 0 unspecified atom stereocenters. The molecule has 0 saturated carbocycles. The third-order valence-corrected chi connectivity index (χ3v) is 6.56. The largest absolute Gasteiger partial charge is 0.493 e. The average molecular weight is 541 g/mol. The summed E-state index contributed by atoms with van der Waals surface area (Å²) in [5.74, 6) is 0.605. The summed E-state index contributed by atoms with van der Waals surface area (Å²) in [6, 6.07) is 18.8. The van der Waals surface area contributed by atoms with Crippen LogP contribution in [0.2, 0.25) is 5.02 Å². The minimum atomic E-state index is -0.416. The summed E-state index contributed by atoms with van der Waals surface area (Å²) in [7, 11) is 1.52. The van der Waals surface area contributed by atoms with Gasteiger partial charge >= 0.3 is 0 Å². The molecule has 1 aliphatic rings. The molecule has 0 spiro atoms. The maximum absolute atomic E-state index is 12.9. The summed E-state index contributed by atoms with van der Waals surface area (Å²) >= 11 is 11.4. The van der Waals surface area contributed by atoms with E-state index in [9.17, 15) is 14.9 Å². The van der Waals surface area contributed by atoms with Gasteiger partial charge in [0.05, 0.1) is 12.0 Å². The Morgan fingerprint density at radius 3 is 2.32 bits per heavy atom. The minimum absolute atomic E-state index is 0.0593. The van der Waals surface area contributed by atoms with E-state index in [0.29, 0.717) is 60.0 Å². The quantitative estimate of drug-likeness (QED) is 0.262. The fourth-order valence-electron chi connectivity index (χ4n) is 3.87. The van der Waals surface area contributed by atoms with Gasteiger partial charge in [0.15, 0.2) is 16.6 Å². The molecule has 192 valence electrons. The highest BCUT2D eigenvalue weighted by atomic mass is 35.5. The summed E-state index contributed by atoms with van der Waals surface area (Å²) in [6.07, 6.45) is 0. The lowest BCUT2D eigenvalue weighted by atomic mass is 10.2. The van der Waals surface area contributed by atoms with Gasteiger partial charge in [0, 0.05) is 54.6 Å². The van der Waals surface area contributed by atoms with Crippen molar-refractivity contribution in [3.8, 4) is 11.5 Å². The topological polar surface area (TPSA) is 97.2 Å². The molecule has 1 heterocycles. The highest BCUT2D eigenvalue weighted by molar-refractivity contribution is 7.80. The van der Waals surface area contributed by atoms with E-state index >= 15 is 0 Å². The Morgan fingerprint density at radius 2 is 1.70 bits per heavy atom. The first-order valence-electron chi connectivity index (χ1n) is 11.5. The third kappa shape index (κ3) is 6.66. The molecule has 1 N–H and O–H groups in total. The summed E-state index contributed by atoms with van der Waals surface area (Å²) in [6.45, 7) is 2.88. The van der Waals surface area contributed by atoms with Gasteiger partial charge in [-0.3, -0.25) is 20.2 Å². The number of thiocarbonyl (C=S) groups is 1. The van der Waals surface area contributed by atoms with Crippen molar-refractivity contribution in [1.82, 2.24) is 10.2 Å². The second kappa shape index (κ2) is 11.9. The number of carbonyl (C=O) groups excluding carboxylic acids is 1. The number of methoxy groups -OCH3 is 1. The summed E-state index contributed by atoms with van der Waals surface area (Å²) in [5.41, 5.74) is 2.31. The highest BCUT2D eigenvalue weighted by Crippen LogP contribution is 2.29. The number of non-ortho nitro benzene ring substituents is 1. The van der Waals surface area contributed by atoms with E-state index in [0.717, 1.165) is 11.3 Å². The first-order valence-corrected chi connectivity index (χ1v) is 12.3. The summed E-state index contributed by atoms with van der Waals surface area (Å²) < 4.78 is 11.3. The van der Waals surface area contributed by atoms with Crippen molar-refractivity contribution < 1.29 is 19.2 Å². The molecule has 11 heteroatoms. The molecule has 1 aliphatic heterocycles. The number of hydrogen-bond acceptors (Lipinski definition) is 7. The number of ether oxygens (including phenoxy) is 2. The fourth-order valence-corrected chi connectivity index (χ4v) is 4.27. The van der Waals surface area contributed by atoms with Gasteiger partial charge in [-0.05, 0) is 60.2 Å². The van der Waals surface area contributed by atoms with Gasteiger partial charge in [-0.1, -0.05) is 23.7 Å². The van der Waals surface area contributed by atoms with Crippen LogP contribution in [0.4, 0.5) is 11.4 Å². The SMILES string of the molecule is COc1cc(C(=O)NC(=S)N2CCN(c3ccc([N+](=O)[O-])cc3)CC2)ccc1OCc1ccc(Cl)cc1. The Bertz CT molecular complexity index is 1280. The monoisotopic (exact) mass is 540 g/mol. The Hall–Kier alpha value is -3.89. The predicted molar refractivity (Wildman–Crippen MR) is 146 cm³/mol. The number of nitrogens with one attached hydrogen (secondary N) is 1. The van der Waals surface area contributed by atoms with Crippen LogP contribution in [0.1, 0.15) is 15.9 Å². The van der Waals surface area contributed by atoms with Crippen LogP contribution in [-0.2, 0) is 6.61 Å². The maximum Gasteiger partial charge on any atom is 0.269 e. The number of amides is 1. The number of nitro benzene ring substituents is 1. The zero-order chi connectivity index (χ0) is 26.4. The number of anilines is 1. The van der Waals surface area contributed by atoms with E-state index in [4.69, 9.17) is 33.3 Å². The number of nitro groups is 1. The first-order chi connectivity index (χ1) is 17.8.